The van der Waals surface area contributed by atoms with E-state index in [9.17, 15) is 0 Å². The highest BCUT2D eigenvalue weighted by Crippen LogP contribution is 2.20. The van der Waals surface area contributed by atoms with Gasteiger partial charge in [-0.15, -0.1) is 0 Å². The Hall–Kier alpha value is -0.550. The molecule has 0 saturated carbocycles. The van der Waals surface area contributed by atoms with E-state index in [0.717, 1.165) is 11.0 Å². The topological polar surface area (TPSA) is 12.0 Å². The molecule has 0 fully saturated rings. The van der Waals surface area contributed by atoms with Gasteiger partial charge in [0.2, 0.25) is 0 Å². The van der Waals surface area contributed by atoms with Crippen LogP contribution in [0.2, 0.25) is 0 Å². The number of benzene rings is 2. The summed E-state index contributed by atoms with van der Waals surface area (Å²) < 4.78 is 2.39. The fraction of sp³-hybridized carbons (Fsp3) is 0.143. The number of hydrogen-bond acceptors (Lipinski definition) is 1. The number of nitrogens with one attached hydrogen (secondary N) is 1. The lowest BCUT2D eigenvalue weighted by Crippen LogP contribution is -2.00. The minimum Gasteiger partial charge on any atom is -0.381 e. The largest absolute Gasteiger partial charge is 0.381 e. The van der Waals surface area contributed by atoms with E-state index in [1.165, 1.54) is 20.4 Å². The third-order valence-corrected chi connectivity index (χ3v) is 3.80. The van der Waals surface area contributed by atoms with Crippen molar-refractivity contribution in [2.45, 2.75) is 13.5 Å². The Bertz CT molecular complexity index is 508. The van der Waals surface area contributed by atoms with Gasteiger partial charge in [-0.05, 0) is 71.0 Å². The number of anilines is 1. The molecule has 2 rings (SSSR count). The maximum Gasteiger partial charge on any atom is 0.0400 e. The second kappa shape index (κ2) is 5.87. The van der Waals surface area contributed by atoms with Gasteiger partial charge in [0, 0.05) is 20.3 Å². The van der Waals surface area contributed by atoms with E-state index in [1.54, 1.807) is 0 Å². The smallest absolute Gasteiger partial charge is 0.0400 e. The molecule has 3 heteroatoms. The monoisotopic (exact) mass is 401 g/mol. The Kier molecular flexibility index (Phi) is 4.45. The van der Waals surface area contributed by atoms with Crippen molar-refractivity contribution in [3.05, 3.63) is 61.6 Å². The van der Waals surface area contributed by atoms with Crippen molar-refractivity contribution in [2.24, 2.45) is 0 Å². The minimum absolute atomic E-state index is 0.861. The lowest BCUT2D eigenvalue weighted by atomic mass is 10.2. The predicted molar refractivity (Wildman–Crippen MR) is 85.4 cm³/mol. The summed E-state index contributed by atoms with van der Waals surface area (Å²) in [6, 6.07) is 14.9. The first-order chi connectivity index (χ1) is 8.15. The van der Waals surface area contributed by atoms with Crippen molar-refractivity contribution in [1.29, 1.82) is 0 Å². The quantitative estimate of drug-likeness (QED) is 0.715. The summed E-state index contributed by atoms with van der Waals surface area (Å²) in [5, 5.41) is 3.45. The third-order valence-electron chi connectivity index (χ3n) is 2.58. The molecule has 2 aromatic rings. The third kappa shape index (κ3) is 3.71. The van der Waals surface area contributed by atoms with E-state index >= 15 is 0 Å². The molecular formula is C14H13BrIN. The Balaban J connectivity index is 2.04. The summed E-state index contributed by atoms with van der Waals surface area (Å²) in [6.45, 7) is 2.97. The summed E-state index contributed by atoms with van der Waals surface area (Å²) in [4.78, 5) is 0. The number of halogens is 2. The van der Waals surface area contributed by atoms with Crippen LogP contribution in [0.15, 0.2) is 46.9 Å². The molecule has 88 valence electrons. The zero-order chi connectivity index (χ0) is 12.3. The Labute approximate surface area is 124 Å². The molecule has 0 radical (unpaired) electrons. The van der Waals surface area contributed by atoms with Crippen molar-refractivity contribution in [3.8, 4) is 0 Å². The molecule has 1 N–H and O–H groups in total. The molecule has 17 heavy (non-hydrogen) atoms. The van der Waals surface area contributed by atoms with Gasteiger partial charge in [-0.3, -0.25) is 0 Å². The first-order valence-electron chi connectivity index (χ1n) is 5.39. The second-order valence-electron chi connectivity index (χ2n) is 3.94. The first-order valence-corrected chi connectivity index (χ1v) is 7.27. The highest BCUT2D eigenvalue weighted by Gasteiger charge is 1.99. The minimum atomic E-state index is 0.861. The van der Waals surface area contributed by atoms with Gasteiger partial charge in [0.1, 0.15) is 0 Å². The van der Waals surface area contributed by atoms with E-state index in [-0.39, 0.29) is 0 Å². The highest BCUT2D eigenvalue weighted by atomic mass is 127. The number of aryl methyl sites for hydroxylation is 1. The van der Waals surface area contributed by atoms with Gasteiger partial charge in [0.25, 0.3) is 0 Å². The van der Waals surface area contributed by atoms with Crippen LogP contribution < -0.4 is 5.32 Å². The van der Waals surface area contributed by atoms with Crippen molar-refractivity contribution in [3.63, 3.8) is 0 Å². The Morgan fingerprint density at radius 3 is 2.47 bits per heavy atom. The van der Waals surface area contributed by atoms with Crippen LogP contribution in [0.3, 0.4) is 0 Å². The summed E-state index contributed by atoms with van der Waals surface area (Å²) in [5.74, 6) is 0. The average Bonchev–Trinajstić information content (AvgIpc) is 2.30. The second-order valence-corrected chi connectivity index (χ2v) is 6.10. The fourth-order valence-corrected chi connectivity index (χ4v) is 2.46. The molecule has 0 atom stereocenters. The summed E-state index contributed by atoms with van der Waals surface area (Å²) in [7, 11) is 0. The summed E-state index contributed by atoms with van der Waals surface area (Å²) >= 11 is 5.79. The van der Waals surface area contributed by atoms with Crippen molar-refractivity contribution < 1.29 is 0 Å². The zero-order valence-electron chi connectivity index (χ0n) is 9.50. The van der Waals surface area contributed by atoms with E-state index < -0.39 is 0 Å². The Morgan fingerprint density at radius 2 is 1.82 bits per heavy atom. The lowest BCUT2D eigenvalue weighted by Gasteiger charge is -2.10. The fourth-order valence-electron chi connectivity index (χ4n) is 1.62. The lowest BCUT2D eigenvalue weighted by molar-refractivity contribution is 1.14. The van der Waals surface area contributed by atoms with Crippen LogP contribution in [0.5, 0.6) is 0 Å². The van der Waals surface area contributed by atoms with E-state index in [1.807, 2.05) is 0 Å². The SMILES string of the molecule is Cc1cc(Br)ccc1NCc1ccc(I)cc1. The highest BCUT2D eigenvalue weighted by molar-refractivity contribution is 14.1. The van der Waals surface area contributed by atoms with Crippen LogP contribution in [-0.4, -0.2) is 0 Å². The first kappa shape index (κ1) is 12.9. The van der Waals surface area contributed by atoms with Gasteiger partial charge in [-0.2, -0.15) is 0 Å². The van der Waals surface area contributed by atoms with Gasteiger partial charge < -0.3 is 5.32 Å². The van der Waals surface area contributed by atoms with E-state index in [0.29, 0.717) is 0 Å². The maximum atomic E-state index is 3.47. The van der Waals surface area contributed by atoms with Crippen LogP contribution in [0.25, 0.3) is 0 Å². The maximum absolute atomic E-state index is 3.47. The van der Waals surface area contributed by atoms with Gasteiger partial charge in [0.15, 0.2) is 0 Å². The molecule has 0 saturated heterocycles. The molecule has 0 heterocycles. The molecule has 0 aromatic heterocycles. The molecular weight excluding hydrogens is 389 g/mol. The predicted octanol–water partition coefficient (Wildman–Crippen LogP) is 4.97. The van der Waals surface area contributed by atoms with Crippen LogP contribution in [0.1, 0.15) is 11.1 Å². The standard InChI is InChI=1S/C14H13BrIN/c1-10-8-12(15)4-7-14(10)17-9-11-2-5-13(16)6-3-11/h2-8,17H,9H2,1H3. The molecule has 0 amide bonds. The molecule has 1 nitrogen and oxygen atoms in total. The van der Waals surface area contributed by atoms with Gasteiger partial charge >= 0.3 is 0 Å². The molecule has 2 aromatic carbocycles. The van der Waals surface area contributed by atoms with E-state index in [2.05, 4.69) is 93.2 Å². The molecule has 0 aliphatic rings. The number of hydrogen-bond donors (Lipinski definition) is 1. The summed E-state index contributed by atoms with van der Waals surface area (Å²) in [6.07, 6.45) is 0. The molecule has 0 aliphatic heterocycles. The zero-order valence-corrected chi connectivity index (χ0v) is 13.2. The molecule has 0 aliphatic carbocycles. The van der Waals surface area contributed by atoms with Crippen molar-refractivity contribution in [2.75, 3.05) is 5.32 Å². The van der Waals surface area contributed by atoms with Crippen LogP contribution in [-0.2, 0) is 6.54 Å². The molecule has 0 bridgehead atoms. The molecule has 0 unspecified atom stereocenters. The average molecular weight is 402 g/mol. The van der Waals surface area contributed by atoms with E-state index in [4.69, 9.17) is 0 Å². The van der Waals surface area contributed by atoms with Crippen LogP contribution in [0, 0.1) is 10.5 Å². The van der Waals surface area contributed by atoms with Gasteiger partial charge in [-0.25, -0.2) is 0 Å². The van der Waals surface area contributed by atoms with Gasteiger partial charge in [0.05, 0.1) is 0 Å². The van der Waals surface area contributed by atoms with Crippen molar-refractivity contribution >= 4 is 44.2 Å². The summed E-state index contributed by atoms with van der Waals surface area (Å²) in [5.41, 5.74) is 3.74. The van der Waals surface area contributed by atoms with Gasteiger partial charge in [-0.1, -0.05) is 28.1 Å². The Morgan fingerprint density at radius 1 is 1.12 bits per heavy atom. The van der Waals surface area contributed by atoms with Crippen LogP contribution >= 0.6 is 38.5 Å². The number of rotatable bonds is 3. The normalized spacial score (nSPS) is 10.3. The molecule has 0 spiro atoms. The van der Waals surface area contributed by atoms with Crippen molar-refractivity contribution in [1.82, 2.24) is 0 Å². The van der Waals surface area contributed by atoms with Crippen LogP contribution in [0.4, 0.5) is 5.69 Å².